The van der Waals surface area contributed by atoms with Gasteiger partial charge in [-0.05, 0) is 32.2 Å². The van der Waals surface area contributed by atoms with Gasteiger partial charge in [0.05, 0.1) is 13.2 Å². The Hall–Kier alpha value is -1.73. The molecule has 1 N–H and O–H groups in total. The van der Waals surface area contributed by atoms with Crippen LogP contribution in [-0.4, -0.2) is 42.2 Å². The van der Waals surface area contributed by atoms with Gasteiger partial charge in [0.1, 0.15) is 0 Å². The van der Waals surface area contributed by atoms with Gasteiger partial charge in [0.25, 0.3) is 0 Å². The molecule has 1 aliphatic heterocycles. The fraction of sp³-hybridized carbons (Fsp3) is 0.529. The molecule has 1 unspecified atom stereocenters. The van der Waals surface area contributed by atoms with Gasteiger partial charge in [0, 0.05) is 36.0 Å². The van der Waals surface area contributed by atoms with E-state index in [4.69, 9.17) is 14.0 Å². The zero-order valence-corrected chi connectivity index (χ0v) is 14.9. The summed E-state index contributed by atoms with van der Waals surface area (Å²) in [4.78, 5) is 5.59. The van der Waals surface area contributed by atoms with Crippen LogP contribution in [0.2, 0.25) is 0 Å². The minimum absolute atomic E-state index is 0.339. The van der Waals surface area contributed by atoms with Crippen LogP contribution in [0, 0.1) is 0 Å². The second-order valence-electron chi connectivity index (χ2n) is 5.76. The van der Waals surface area contributed by atoms with Crippen LogP contribution >= 0.6 is 11.8 Å². The predicted octanol–water partition coefficient (Wildman–Crippen LogP) is 2.72. The molecule has 2 heterocycles. The van der Waals surface area contributed by atoms with Gasteiger partial charge < -0.3 is 19.3 Å². The van der Waals surface area contributed by atoms with Gasteiger partial charge in [-0.1, -0.05) is 5.16 Å². The zero-order chi connectivity index (χ0) is 16.8. The summed E-state index contributed by atoms with van der Waals surface area (Å²) in [5.74, 6) is 3.99. The molecule has 3 rings (SSSR count). The number of aryl methyl sites for hydroxylation is 1. The van der Waals surface area contributed by atoms with Gasteiger partial charge in [-0.15, -0.1) is 11.8 Å². The van der Waals surface area contributed by atoms with Crippen molar-refractivity contribution in [1.29, 1.82) is 0 Å². The Balaban J connectivity index is 1.50. The summed E-state index contributed by atoms with van der Waals surface area (Å²) in [6.07, 6.45) is 2.44. The zero-order valence-electron chi connectivity index (χ0n) is 14.1. The minimum atomic E-state index is 0.339. The van der Waals surface area contributed by atoms with Crippen LogP contribution in [0.3, 0.4) is 0 Å². The first-order valence-electron chi connectivity index (χ1n) is 8.26. The van der Waals surface area contributed by atoms with E-state index in [0.717, 1.165) is 47.2 Å². The van der Waals surface area contributed by atoms with Gasteiger partial charge in [-0.2, -0.15) is 4.98 Å². The van der Waals surface area contributed by atoms with Crippen molar-refractivity contribution in [3.8, 4) is 11.5 Å². The maximum atomic E-state index is 5.72. The number of nitrogens with one attached hydrogen (secondary N) is 1. The average molecular weight is 349 g/mol. The van der Waals surface area contributed by atoms with Crippen molar-refractivity contribution >= 4 is 11.8 Å². The largest absolute Gasteiger partial charge is 0.490 e. The molecule has 0 saturated carbocycles. The molecule has 0 saturated heterocycles. The van der Waals surface area contributed by atoms with Crippen molar-refractivity contribution in [3.63, 3.8) is 0 Å². The number of thioether (sulfide) groups is 1. The van der Waals surface area contributed by atoms with E-state index < -0.39 is 0 Å². The van der Waals surface area contributed by atoms with E-state index in [-0.39, 0.29) is 0 Å². The van der Waals surface area contributed by atoms with Crippen LogP contribution < -0.4 is 14.8 Å². The van der Waals surface area contributed by atoms with E-state index in [1.165, 1.54) is 0 Å². The normalized spacial score (nSPS) is 15.1. The lowest BCUT2D eigenvalue weighted by atomic mass is 10.2. The quantitative estimate of drug-likeness (QED) is 0.771. The van der Waals surface area contributed by atoms with Crippen LogP contribution in [0.5, 0.6) is 11.5 Å². The maximum absolute atomic E-state index is 5.72. The third kappa shape index (κ3) is 4.64. The second-order valence-corrected chi connectivity index (χ2v) is 6.92. The van der Waals surface area contributed by atoms with E-state index in [1.54, 1.807) is 11.8 Å². The molecule has 0 radical (unpaired) electrons. The van der Waals surface area contributed by atoms with Crippen LogP contribution in [-0.2, 0) is 12.8 Å². The Morgan fingerprint density at radius 2 is 2.08 bits per heavy atom. The Bertz CT molecular complexity index is 662. The Labute approximate surface area is 146 Å². The highest BCUT2D eigenvalue weighted by atomic mass is 32.2. The number of aromatic nitrogens is 2. The molecular weight excluding hydrogens is 326 g/mol. The van der Waals surface area contributed by atoms with Gasteiger partial charge in [0.2, 0.25) is 5.89 Å². The highest BCUT2D eigenvalue weighted by molar-refractivity contribution is 7.99. The van der Waals surface area contributed by atoms with Crippen molar-refractivity contribution in [1.82, 2.24) is 15.5 Å². The van der Waals surface area contributed by atoms with Gasteiger partial charge in [-0.25, -0.2) is 0 Å². The number of rotatable bonds is 7. The summed E-state index contributed by atoms with van der Waals surface area (Å²) in [6.45, 7) is 3.51. The van der Waals surface area contributed by atoms with E-state index in [2.05, 4.69) is 28.4 Å². The topological polar surface area (TPSA) is 69.4 Å². The first-order valence-corrected chi connectivity index (χ1v) is 9.24. The Morgan fingerprint density at radius 3 is 2.92 bits per heavy atom. The molecule has 0 amide bonds. The predicted molar refractivity (Wildman–Crippen MR) is 93.0 cm³/mol. The summed E-state index contributed by atoms with van der Waals surface area (Å²) >= 11 is 1.75. The van der Waals surface area contributed by atoms with Crippen LogP contribution in [0.15, 0.2) is 27.6 Å². The molecular formula is C17H23N3O3S. The molecule has 24 heavy (non-hydrogen) atoms. The summed E-state index contributed by atoms with van der Waals surface area (Å²) in [7, 11) is 1.93. The number of fused-ring (bicyclic) bond motifs is 1. The van der Waals surface area contributed by atoms with Crippen LogP contribution in [0.1, 0.15) is 25.1 Å². The average Bonchev–Trinajstić information content (AvgIpc) is 2.89. The fourth-order valence-electron chi connectivity index (χ4n) is 2.34. The summed E-state index contributed by atoms with van der Waals surface area (Å²) in [6, 6.07) is 6.42. The standard InChI is InChI=1S/C17H23N3O3S/c1-12(18-2)10-16-19-17(23-20-16)6-9-24-13-4-5-14-15(11-13)22-8-3-7-21-14/h4-5,11-12,18H,3,6-10H2,1-2H3. The molecule has 0 aliphatic carbocycles. The number of likely N-dealkylation sites (N-methyl/N-ethyl adjacent to an activating group) is 1. The number of nitrogens with zero attached hydrogens (tertiary/aromatic N) is 2. The molecule has 2 aromatic rings. The molecule has 130 valence electrons. The van der Waals surface area contributed by atoms with Gasteiger partial charge >= 0.3 is 0 Å². The van der Waals surface area contributed by atoms with E-state index in [0.29, 0.717) is 25.1 Å². The van der Waals surface area contributed by atoms with Crippen molar-refractivity contribution in [2.75, 3.05) is 26.0 Å². The number of ether oxygens (including phenoxy) is 2. The lowest BCUT2D eigenvalue weighted by Crippen LogP contribution is -2.24. The van der Waals surface area contributed by atoms with Crippen LogP contribution in [0.25, 0.3) is 0 Å². The molecule has 1 atom stereocenters. The number of benzene rings is 1. The van der Waals surface area contributed by atoms with Gasteiger partial charge in [0.15, 0.2) is 17.3 Å². The van der Waals surface area contributed by atoms with Gasteiger partial charge in [-0.3, -0.25) is 0 Å². The molecule has 1 aliphatic rings. The lowest BCUT2D eigenvalue weighted by Gasteiger charge is -2.08. The molecule has 6 nitrogen and oxygen atoms in total. The molecule has 0 fully saturated rings. The monoisotopic (exact) mass is 349 g/mol. The third-order valence-electron chi connectivity index (χ3n) is 3.80. The Kier molecular flexibility index (Phi) is 5.98. The number of hydrogen-bond acceptors (Lipinski definition) is 7. The fourth-order valence-corrected chi connectivity index (χ4v) is 3.21. The maximum Gasteiger partial charge on any atom is 0.227 e. The molecule has 0 spiro atoms. The first-order chi connectivity index (χ1) is 11.7. The lowest BCUT2D eigenvalue weighted by molar-refractivity contribution is 0.297. The smallest absolute Gasteiger partial charge is 0.227 e. The highest BCUT2D eigenvalue weighted by Gasteiger charge is 2.12. The van der Waals surface area contributed by atoms with E-state index in [1.807, 2.05) is 19.2 Å². The minimum Gasteiger partial charge on any atom is -0.490 e. The van der Waals surface area contributed by atoms with Crippen molar-refractivity contribution < 1.29 is 14.0 Å². The van der Waals surface area contributed by atoms with Crippen molar-refractivity contribution in [2.24, 2.45) is 0 Å². The molecule has 7 heteroatoms. The molecule has 0 bridgehead atoms. The summed E-state index contributed by atoms with van der Waals surface area (Å²) in [5, 5.41) is 7.19. The second kappa shape index (κ2) is 8.39. The first kappa shape index (κ1) is 17.1. The van der Waals surface area contributed by atoms with Crippen LogP contribution in [0.4, 0.5) is 0 Å². The SMILES string of the molecule is CNC(C)Cc1noc(CCSc2ccc3c(c2)OCCCO3)n1. The highest BCUT2D eigenvalue weighted by Crippen LogP contribution is 2.34. The Morgan fingerprint density at radius 1 is 1.25 bits per heavy atom. The molecule has 1 aromatic heterocycles. The summed E-state index contributed by atoms with van der Waals surface area (Å²) in [5.41, 5.74) is 0. The van der Waals surface area contributed by atoms with Crippen molar-refractivity contribution in [3.05, 3.63) is 29.9 Å². The number of hydrogen-bond donors (Lipinski definition) is 1. The third-order valence-corrected chi connectivity index (χ3v) is 4.79. The molecule has 1 aromatic carbocycles. The van der Waals surface area contributed by atoms with E-state index in [9.17, 15) is 0 Å². The van der Waals surface area contributed by atoms with Crippen molar-refractivity contribution in [2.45, 2.75) is 37.1 Å². The van der Waals surface area contributed by atoms with E-state index >= 15 is 0 Å². The summed E-state index contributed by atoms with van der Waals surface area (Å²) < 4.78 is 16.7.